The molecule has 0 bridgehead atoms. The lowest BCUT2D eigenvalue weighted by Gasteiger charge is -2.05. The van der Waals surface area contributed by atoms with Crippen molar-refractivity contribution in [1.82, 2.24) is 0 Å². The van der Waals surface area contributed by atoms with Gasteiger partial charge in [0.05, 0.1) is 10.0 Å². The van der Waals surface area contributed by atoms with E-state index in [1.54, 1.807) is 12.1 Å². The van der Waals surface area contributed by atoms with Crippen LogP contribution in [0, 0.1) is 0 Å². The Morgan fingerprint density at radius 1 is 1.64 bits per heavy atom. The van der Waals surface area contributed by atoms with E-state index in [0.717, 1.165) is 22.2 Å². The van der Waals surface area contributed by atoms with Crippen LogP contribution < -0.4 is 4.74 Å². The van der Waals surface area contributed by atoms with Crippen LogP contribution in [0.4, 0.5) is 0 Å². The van der Waals surface area contributed by atoms with Crippen molar-refractivity contribution >= 4 is 21.9 Å². The Labute approximate surface area is 89.8 Å². The van der Waals surface area contributed by atoms with Crippen LogP contribution >= 0.6 is 15.9 Å². The van der Waals surface area contributed by atoms with Gasteiger partial charge in [0.2, 0.25) is 0 Å². The number of halogens is 1. The summed E-state index contributed by atoms with van der Waals surface area (Å²) >= 11 is 3.31. The highest BCUT2D eigenvalue weighted by Crippen LogP contribution is 2.37. The molecular formula is C10H9BrO3. The highest BCUT2D eigenvalue weighted by Gasteiger charge is 2.23. The number of hydrogen-bond acceptors (Lipinski definition) is 2. The Hall–Kier alpha value is -1.03. The molecule has 1 aromatic carbocycles. The Morgan fingerprint density at radius 2 is 2.36 bits per heavy atom. The molecule has 0 radical (unpaired) electrons. The summed E-state index contributed by atoms with van der Waals surface area (Å²) in [6.45, 7) is 1.97. The van der Waals surface area contributed by atoms with E-state index < -0.39 is 5.97 Å². The topological polar surface area (TPSA) is 46.5 Å². The van der Waals surface area contributed by atoms with Crippen LogP contribution in [0.1, 0.15) is 22.8 Å². The highest BCUT2D eigenvalue weighted by atomic mass is 79.9. The average molecular weight is 257 g/mol. The van der Waals surface area contributed by atoms with E-state index in [2.05, 4.69) is 15.9 Å². The molecule has 1 atom stereocenters. The molecule has 0 saturated heterocycles. The number of fused-ring (bicyclic) bond motifs is 1. The number of rotatable bonds is 1. The van der Waals surface area contributed by atoms with Crippen molar-refractivity contribution in [3.8, 4) is 5.75 Å². The number of carboxylic acid groups (broad SMARTS) is 1. The lowest BCUT2D eigenvalue weighted by Crippen LogP contribution is -2.05. The first-order valence-corrected chi connectivity index (χ1v) is 5.09. The van der Waals surface area contributed by atoms with Crippen LogP contribution in [0.25, 0.3) is 0 Å². The van der Waals surface area contributed by atoms with Crippen molar-refractivity contribution < 1.29 is 14.6 Å². The predicted molar refractivity (Wildman–Crippen MR) is 54.9 cm³/mol. The first kappa shape index (κ1) is 9.52. The molecule has 4 heteroatoms. The maximum Gasteiger partial charge on any atom is 0.335 e. The normalized spacial score (nSPS) is 18.9. The Bertz CT molecular complexity index is 401. The van der Waals surface area contributed by atoms with Gasteiger partial charge in [-0.25, -0.2) is 4.79 Å². The fraction of sp³-hybridized carbons (Fsp3) is 0.300. The second kappa shape index (κ2) is 3.28. The summed E-state index contributed by atoms with van der Waals surface area (Å²) in [5.74, 6) is -0.129. The minimum atomic E-state index is -0.909. The Kier molecular flexibility index (Phi) is 2.23. The van der Waals surface area contributed by atoms with Crippen LogP contribution in [0.5, 0.6) is 5.75 Å². The van der Waals surface area contributed by atoms with Crippen LogP contribution in [-0.4, -0.2) is 17.2 Å². The molecule has 1 unspecified atom stereocenters. The van der Waals surface area contributed by atoms with Gasteiger partial charge in [-0.3, -0.25) is 0 Å². The van der Waals surface area contributed by atoms with Crippen molar-refractivity contribution in [2.45, 2.75) is 19.4 Å². The van der Waals surface area contributed by atoms with Gasteiger partial charge in [0.25, 0.3) is 0 Å². The monoisotopic (exact) mass is 256 g/mol. The van der Waals surface area contributed by atoms with Gasteiger partial charge in [0.15, 0.2) is 0 Å². The molecule has 1 aromatic rings. The molecule has 74 valence electrons. The molecule has 1 heterocycles. The first-order valence-electron chi connectivity index (χ1n) is 4.30. The van der Waals surface area contributed by atoms with Gasteiger partial charge in [0, 0.05) is 6.42 Å². The molecule has 2 rings (SSSR count). The second-order valence-electron chi connectivity index (χ2n) is 3.38. The lowest BCUT2D eigenvalue weighted by molar-refractivity contribution is 0.0696. The van der Waals surface area contributed by atoms with E-state index in [1.807, 2.05) is 6.92 Å². The quantitative estimate of drug-likeness (QED) is 0.840. The van der Waals surface area contributed by atoms with Crippen LogP contribution in [0.2, 0.25) is 0 Å². The third-order valence-corrected chi connectivity index (χ3v) is 2.78. The van der Waals surface area contributed by atoms with E-state index in [9.17, 15) is 4.79 Å². The van der Waals surface area contributed by atoms with Gasteiger partial charge in [-0.15, -0.1) is 0 Å². The number of ether oxygens (including phenoxy) is 1. The van der Waals surface area contributed by atoms with Crippen molar-refractivity contribution in [1.29, 1.82) is 0 Å². The van der Waals surface area contributed by atoms with E-state index in [-0.39, 0.29) is 6.10 Å². The molecular weight excluding hydrogens is 248 g/mol. The van der Waals surface area contributed by atoms with Crippen LogP contribution in [-0.2, 0) is 6.42 Å². The third-order valence-electron chi connectivity index (χ3n) is 2.19. The molecule has 0 saturated carbocycles. The summed E-state index contributed by atoms with van der Waals surface area (Å²) in [5.41, 5.74) is 1.26. The molecule has 1 N–H and O–H groups in total. The molecule has 0 aliphatic carbocycles. The molecule has 3 nitrogen and oxygen atoms in total. The lowest BCUT2D eigenvalue weighted by atomic mass is 10.1. The number of hydrogen-bond donors (Lipinski definition) is 1. The summed E-state index contributed by atoms with van der Waals surface area (Å²) in [6.07, 6.45) is 0.903. The largest absolute Gasteiger partial charge is 0.489 e. The van der Waals surface area contributed by atoms with E-state index in [0.29, 0.717) is 5.56 Å². The zero-order valence-corrected chi connectivity index (χ0v) is 9.17. The smallest absolute Gasteiger partial charge is 0.335 e. The van der Waals surface area contributed by atoms with Crippen molar-refractivity contribution in [3.05, 3.63) is 27.7 Å². The van der Waals surface area contributed by atoms with Crippen LogP contribution in [0.3, 0.4) is 0 Å². The predicted octanol–water partition coefficient (Wildman–Crippen LogP) is 2.47. The van der Waals surface area contributed by atoms with E-state index in [4.69, 9.17) is 9.84 Å². The van der Waals surface area contributed by atoms with Gasteiger partial charge >= 0.3 is 5.97 Å². The van der Waals surface area contributed by atoms with Crippen LogP contribution in [0.15, 0.2) is 16.6 Å². The molecule has 1 aliphatic rings. The maximum atomic E-state index is 10.8. The molecule has 0 amide bonds. The maximum absolute atomic E-state index is 10.8. The minimum absolute atomic E-state index is 0.130. The fourth-order valence-electron chi connectivity index (χ4n) is 1.61. The standard InChI is InChI=1S/C10H9BrO3/c1-5-2-6-3-7(10(12)13)4-8(11)9(6)14-5/h3-5H,2H2,1H3,(H,12,13). The van der Waals surface area contributed by atoms with Crippen molar-refractivity contribution in [2.24, 2.45) is 0 Å². The summed E-state index contributed by atoms with van der Waals surface area (Å²) < 4.78 is 6.25. The van der Waals surface area contributed by atoms with Gasteiger partial charge in [-0.2, -0.15) is 0 Å². The second-order valence-corrected chi connectivity index (χ2v) is 4.24. The van der Waals surface area contributed by atoms with Gasteiger partial charge < -0.3 is 9.84 Å². The van der Waals surface area contributed by atoms with E-state index in [1.165, 1.54) is 0 Å². The number of carbonyl (C=O) groups is 1. The molecule has 1 aliphatic heterocycles. The van der Waals surface area contributed by atoms with Crippen molar-refractivity contribution in [2.75, 3.05) is 0 Å². The SMILES string of the molecule is CC1Cc2cc(C(=O)O)cc(Br)c2O1. The van der Waals surface area contributed by atoms with Gasteiger partial charge in [-0.05, 0) is 40.5 Å². The zero-order chi connectivity index (χ0) is 10.3. The van der Waals surface area contributed by atoms with E-state index >= 15 is 0 Å². The Balaban J connectivity index is 2.51. The minimum Gasteiger partial charge on any atom is -0.489 e. The number of carboxylic acids is 1. The summed E-state index contributed by atoms with van der Waals surface area (Å²) in [4.78, 5) is 10.8. The number of benzene rings is 1. The number of aromatic carboxylic acids is 1. The van der Waals surface area contributed by atoms with Gasteiger partial charge in [-0.1, -0.05) is 0 Å². The Morgan fingerprint density at radius 3 is 3.00 bits per heavy atom. The zero-order valence-electron chi connectivity index (χ0n) is 7.58. The third kappa shape index (κ3) is 1.50. The average Bonchev–Trinajstić information content (AvgIpc) is 2.45. The summed E-state index contributed by atoms with van der Waals surface area (Å²) in [6, 6.07) is 3.24. The molecule has 0 aromatic heterocycles. The fourth-order valence-corrected chi connectivity index (χ4v) is 2.20. The first-order chi connectivity index (χ1) is 6.58. The summed E-state index contributed by atoms with van der Waals surface area (Å²) in [5, 5.41) is 8.84. The molecule has 0 spiro atoms. The molecule has 0 fully saturated rings. The highest BCUT2D eigenvalue weighted by molar-refractivity contribution is 9.10. The molecule has 14 heavy (non-hydrogen) atoms. The van der Waals surface area contributed by atoms with Crippen molar-refractivity contribution in [3.63, 3.8) is 0 Å². The summed E-state index contributed by atoms with van der Waals surface area (Å²) in [7, 11) is 0. The van der Waals surface area contributed by atoms with Gasteiger partial charge in [0.1, 0.15) is 11.9 Å².